The van der Waals surface area contributed by atoms with Crippen LogP contribution in [0, 0.1) is 11.8 Å². The third kappa shape index (κ3) is 2.54. The van der Waals surface area contributed by atoms with Crippen LogP contribution in [0.1, 0.15) is 67.2 Å². The van der Waals surface area contributed by atoms with Gasteiger partial charge in [0.2, 0.25) is 5.91 Å². The van der Waals surface area contributed by atoms with Crippen LogP contribution in [-0.4, -0.2) is 28.1 Å². The van der Waals surface area contributed by atoms with Gasteiger partial charge in [-0.3, -0.25) is 10.1 Å². The van der Waals surface area contributed by atoms with Crippen molar-refractivity contribution in [3.63, 3.8) is 0 Å². The fourth-order valence-electron chi connectivity index (χ4n) is 3.42. The first kappa shape index (κ1) is 14.8. The lowest BCUT2D eigenvalue weighted by molar-refractivity contribution is -0.139. The Labute approximate surface area is 118 Å². The van der Waals surface area contributed by atoms with Gasteiger partial charge in [-0.2, -0.15) is 0 Å². The standard InChI is InChI=1S/C16H30N2O/c1-7-16(6)14(19)18(13(17-16)10-11(2)3)15(4,5)12-8-9-12/h11-13,17H,7-10H2,1-6H3. The zero-order valence-corrected chi connectivity index (χ0v) is 13.4. The van der Waals surface area contributed by atoms with Gasteiger partial charge in [-0.1, -0.05) is 20.8 Å². The number of nitrogens with zero attached hydrogens (tertiary/aromatic N) is 1. The Kier molecular flexibility index (Phi) is 3.72. The summed E-state index contributed by atoms with van der Waals surface area (Å²) in [4.78, 5) is 15.1. The van der Waals surface area contributed by atoms with E-state index in [1.165, 1.54) is 12.8 Å². The maximum Gasteiger partial charge on any atom is 0.244 e. The van der Waals surface area contributed by atoms with Crippen LogP contribution in [0.4, 0.5) is 0 Å². The van der Waals surface area contributed by atoms with E-state index in [0.29, 0.717) is 17.7 Å². The van der Waals surface area contributed by atoms with Crippen molar-refractivity contribution in [2.45, 2.75) is 84.5 Å². The summed E-state index contributed by atoms with van der Waals surface area (Å²) in [7, 11) is 0. The molecular formula is C16H30N2O. The highest BCUT2D eigenvalue weighted by atomic mass is 16.2. The molecule has 3 nitrogen and oxygen atoms in total. The van der Waals surface area contributed by atoms with E-state index < -0.39 is 0 Å². The van der Waals surface area contributed by atoms with E-state index in [9.17, 15) is 4.79 Å². The summed E-state index contributed by atoms with van der Waals surface area (Å²) >= 11 is 0. The van der Waals surface area contributed by atoms with Crippen molar-refractivity contribution in [2.24, 2.45) is 11.8 Å². The molecule has 1 amide bonds. The van der Waals surface area contributed by atoms with Crippen LogP contribution in [0.5, 0.6) is 0 Å². The zero-order valence-electron chi connectivity index (χ0n) is 13.4. The van der Waals surface area contributed by atoms with Crippen LogP contribution in [0.15, 0.2) is 0 Å². The minimum absolute atomic E-state index is 0.00340. The van der Waals surface area contributed by atoms with E-state index in [0.717, 1.165) is 12.8 Å². The minimum Gasteiger partial charge on any atom is -0.320 e. The fourth-order valence-corrected chi connectivity index (χ4v) is 3.42. The van der Waals surface area contributed by atoms with Gasteiger partial charge in [0, 0.05) is 5.54 Å². The summed E-state index contributed by atoms with van der Waals surface area (Å²) < 4.78 is 0. The lowest BCUT2D eigenvalue weighted by Gasteiger charge is -2.40. The quantitative estimate of drug-likeness (QED) is 0.829. The van der Waals surface area contributed by atoms with Crippen molar-refractivity contribution >= 4 is 5.91 Å². The van der Waals surface area contributed by atoms with Crippen molar-refractivity contribution in [1.82, 2.24) is 10.2 Å². The molecule has 0 bridgehead atoms. The Hall–Kier alpha value is -0.570. The average molecular weight is 266 g/mol. The molecule has 0 spiro atoms. The van der Waals surface area contributed by atoms with Gasteiger partial charge in [0.25, 0.3) is 0 Å². The van der Waals surface area contributed by atoms with E-state index in [1.807, 2.05) is 0 Å². The monoisotopic (exact) mass is 266 g/mol. The van der Waals surface area contributed by atoms with Gasteiger partial charge in [0.05, 0.1) is 11.7 Å². The molecule has 1 aliphatic heterocycles. The molecule has 1 N–H and O–H groups in total. The highest BCUT2D eigenvalue weighted by Gasteiger charge is 2.55. The molecule has 0 aromatic heterocycles. The van der Waals surface area contributed by atoms with Crippen LogP contribution >= 0.6 is 0 Å². The van der Waals surface area contributed by atoms with Crippen molar-refractivity contribution < 1.29 is 4.79 Å². The van der Waals surface area contributed by atoms with Crippen LogP contribution < -0.4 is 5.32 Å². The summed E-state index contributed by atoms with van der Waals surface area (Å²) in [5, 5.41) is 3.61. The summed E-state index contributed by atoms with van der Waals surface area (Å²) in [5.74, 6) is 1.59. The Bertz CT molecular complexity index is 360. The first-order valence-electron chi connectivity index (χ1n) is 7.84. The van der Waals surface area contributed by atoms with Crippen LogP contribution in [-0.2, 0) is 4.79 Å². The molecule has 0 aromatic carbocycles. The SMILES string of the molecule is CCC1(C)NC(CC(C)C)N(C(C)(C)C2CC2)C1=O. The van der Waals surface area contributed by atoms with E-state index in [-0.39, 0.29) is 17.2 Å². The Balaban J connectivity index is 2.27. The number of carbonyl (C=O) groups excluding carboxylic acids is 1. The lowest BCUT2D eigenvalue weighted by atomic mass is 9.92. The number of amides is 1. The van der Waals surface area contributed by atoms with E-state index in [1.54, 1.807) is 0 Å². The molecular weight excluding hydrogens is 236 g/mol. The number of rotatable bonds is 5. The maximum absolute atomic E-state index is 12.9. The third-order valence-electron chi connectivity index (χ3n) is 5.09. The second kappa shape index (κ2) is 4.76. The molecule has 1 saturated heterocycles. The number of carbonyl (C=O) groups is 1. The van der Waals surface area contributed by atoms with Crippen molar-refractivity contribution in [3.05, 3.63) is 0 Å². The minimum atomic E-state index is -0.369. The van der Waals surface area contributed by atoms with Gasteiger partial charge in [-0.05, 0) is 58.3 Å². The molecule has 3 heteroatoms. The van der Waals surface area contributed by atoms with Gasteiger partial charge in [-0.15, -0.1) is 0 Å². The second-order valence-corrected chi connectivity index (χ2v) is 7.58. The summed E-state index contributed by atoms with van der Waals surface area (Å²) in [6.07, 6.45) is 4.64. The fraction of sp³-hybridized carbons (Fsp3) is 0.938. The smallest absolute Gasteiger partial charge is 0.244 e. The molecule has 110 valence electrons. The summed E-state index contributed by atoms with van der Waals surface area (Å²) in [5.41, 5.74) is -0.373. The third-order valence-corrected chi connectivity index (χ3v) is 5.09. The van der Waals surface area contributed by atoms with Crippen LogP contribution in [0.25, 0.3) is 0 Å². The van der Waals surface area contributed by atoms with E-state index in [2.05, 4.69) is 51.8 Å². The average Bonchev–Trinajstić information content (AvgIpc) is 3.08. The molecule has 1 saturated carbocycles. The van der Waals surface area contributed by atoms with Crippen LogP contribution in [0.3, 0.4) is 0 Å². The summed E-state index contributed by atoms with van der Waals surface area (Å²) in [6.45, 7) is 13.1. The lowest BCUT2D eigenvalue weighted by Crippen LogP contribution is -2.53. The molecule has 19 heavy (non-hydrogen) atoms. The van der Waals surface area contributed by atoms with E-state index >= 15 is 0 Å². The Morgan fingerprint density at radius 2 is 2.00 bits per heavy atom. The maximum atomic E-state index is 12.9. The normalized spacial score (nSPS) is 32.5. The van der Waals surface area contributed by atoms with Gasteiger partial charge in [-0.25, -0.2) is 0 Å². The van der Waals surface area contributed by atoms with E-state index in [4.69, 9.17) is 0 Å². The topological polar surface area (TPSA) is 32.3 Å². The van der Waals surface area contributed by atoms with Gasteiger partial charge in [0.1, 0.15) is 0 Å². The predicted octanol–water partition coefficient (Wildman–Crippen LogP) is 3.15. The molecule has 1 aliphatic carbocycles. The molecule has 0 aromatic rings. The Morgan fingerprint density at radius 3 is 2.42 bits per heavy atom. The van der Waals surface area contributed by atoms with Crippen molar-refractivity contribution in [1.29, 1.82) is 0 Å². The van der Waals surface area contributed by atoms with Gasteiger partial charge in [0.15, 0.2) is 0 Å². The first-order valence-corrected chi connectivity index (χ1v) is 7.84. The Morgan fingerprint density at radius 1 is 1.42 bits per heavy atom. The first-order chi connectivity index (χ1) is 8.72. The van der Waals surface area contributed by atoms with Crippen molar-refractivity contribution in [3.8, 4) is 0 Å². The predicted molar refractivity (Wildman–Crippen MR) is 78.7 cm³/mol. The highest BCUT2D eigenvalue weighted by Crippen LogP contribution is 2.46. The van der Waals surface area contributed by atoms with Crippen molar-refractivity contribution in [2.75, 3.05) is 0 Å². The highest BCUT2D eigenvalue weighted by molar-refractivity contribution is 5.89. The van der Waals surface area contributed by atoms with Gasteiger partial charge >= 0.3 is 0 Å². The second-order valence-electron chi connectivity index (χ2n) is 7.58. The zero-order chi connectivity index (χ0) is 14.4. The number of hydrogen-bond acceptors (Lipinski definition) is 2. The number of nitrogens with one attached hydrogen (secondary N) is 1. The molecule has 2 unspecified atom stereocenters. The molecule has 0 radical (unpaired) electrons. The molecule has 1 heterocycles. The van der Waals surface area contributed by atoms with Gasteiger partial charge < -0.3 is 4.90 Å². The summed E-state index contributed by atoms with van der Waals surface area (Å²) in [6, 6.07) is 0. The molecule has 2 aliphatic rings. The largest absolute Gasteiger partial charge is 0.320 e. The molecule has 2 rings (SSSR count). The molecule has 2 atom stereocenters. The molecule has 2 fully saturated rings. The number of hydrogen-bond donors (Lipinski definition) is 1. The van der Waals surface area contributed by atoms with Crippen LogP contribution in [0.2, 0.25) is 0 Å².